The van der Waals surface area contributed by atoms with Crippen LogP contribution in [0.3, 0.4) is 0 Å². The molecule has 4 saturated carbocycles. The minimum Gasteiger partial charge on any atom is -0.369 e. The number of rotatable bonds is 3. The van der Waals surface area contributed by atoms with Gasteiger partial charge in [0.2, 0.25) is 5.96 Å². The Hall–Kier alpha value is -1.06. The summed E-state index contributed by atoms with van der Waals surface area (Å²) < 4.78 is 0. The van der Waals surface area contributed by atoms with Crippen molar-refractivity contribution < 1.29 is 0 Å². The summed E-state index contributed by atoms with van der Waals surface area (Å²) in [4.78, 5) is 0. The van der Waals surface area contributed by atoms with Gasteiger partial charge in [0.05, 0.1) is 0 Å². The van der Waals surface area contributed by atoms with E-state index in [0.717, 1.165) is 29.9 Å². The third kappa shape index (κ3) is 2.25. The molecule has 4 rings (SSSR count). The summed E-state index contributed by atoms with van der Waals surface area (Å²) in [7, 11) is 0. The number of hydrogen-bond acceptors (Lipinski definition) is 2. The van der Waals surface area contributed by atoms with E-state index in [-0.39, 0.29) is 5.96 Å². The van der Waals surface area contributed by atoms with E-state index in [1.165, 1.54) is 38.5 Å². The quantitative estimate of drug-likeness (QED) is 0.456. The zero-order valence-corrected chi connectivity index (χ0v) is 11.2. The van der Waals surface area contributed by atoms with Gasteiger partial charge in [-0.1, -0.05) is 0 Å². The van der Waals surface area contributed by atoms with Crippen LogP contribution >= 0.6 is 0 Å². The van der Waals surface area contributed by atoms with Crippen LogP contribution in [-0.4, -0.2) is 11.7 Å². The van der Waals surface area contributed by atoms with Crippen molar-refractivity contribution in [2.75, 3.05) is 0 Å². The number of hydrogen-bond donors (Lipinski definition) is 2. The van der Waals surface area contributed by atoms with Crippen molar-refractivity contribution in [3.05, 3.63) is 0 Å². The molecule has 0 heterocycles. The van der Waals surface area contributed by atoms with E-state index in [1.54, 1.807) is 0 Å². The van der Waals surface area contributed by atoms with E-state index in [1.807, 2.05) is 0 Å². The molecule has 0 saturated heterocycles. The number of nitrogens with two attached hydrogens (primary N) is 2. The van der Waals surface area contributed by atoms with Gasteiger partial charge in [-0.05, 0) is 75.0 Å². The van der Waals surface area contributed by atoms with Gasteiger partial charge < -0.3 is 11.5 Å². The number of guanidine groups is 1. The van der Waals surface area contributed by atoms with Gasteiger partial charge in [-0.25, -0.2) is 0 Å². The molecule has 4 nitrogen and oxygen atoms in total. The van der Waals surface area contributed by atoms with Gasteiger partial charge in [-0.3, -0.25) is 0 Å². The highest BCUT2D eigenvalue weighted by atomic mass is 15.3. The third-order valence-electron chi connectivity index (χ3n) is 5.13. The highest BCUT2D eigenvalue weighted by molar-refractivity contribution is 5.84. The molecule has 0 spiro atoms. The monoisotopic (exact) mass is 248 g/mol. The molecule has 0 aromatic heterocycles. The molecule has 4 bridgehead atoms. The molecule has 18 heavy (non-hydrogen) atoms. The lowest BCUT2D eigenvalue weighted by Crippen LogP contribution is -2.46. The third-order valence-corrected chi connectivity index (χ3v) is 5.13. The summed E-state index contributed by atoms with van der Waals surface area (Å²) in [6.07, 6.45) is 9.79. The molecule has 4 aliphatic rings. The van der Waals surface area contributed by atoms with Crippen LogP contribution in [0.4, 0.5) is 0 Å². The Balaban J connectivity index is 1.72. The smallest absolute Gasteiger partial charge is 0.211 e. The highest BCUT2D eigenvalue weighted by Crippen LogP contribution is 2.61. The van der Waals surface area contributed by atoms with Crippen molar-refractivity contribution >= 4 is 11.7 Å². The molecule has 0 aromatic rings. The largest absolute Gasteiger partial charge is 0.369 e. The van der Waals surface area contributed by atoms with Gasteiger partial charge >= 0.3 is 0 Å². The van der Waals surface area contributed by atoms with Gasteiger partial charge in [0.25, 0.3) is 0 Å². The topological polar surface area (TPSA) is 76.8 Å². The molecule has 0 aliphatic heterocycles. The first-order chi connectivity index (χ1) is 8.55. The second-order valence-corrected chi connectivity index (χ2v) is 6.95. The summed E-state index contributed by atoms with van der Waals surface area (Å²) in [5.41, 5.74) is 12.3. The van der Waals surface area contributed by atoms with Crippen LogP contribution in [0, 0.1) is 23.2 Å². The molecule has 0 radical (unpaired) electrons. The minimum absolute atomic E-state index is 0.0554. The molecule has 4 heteroatoms. The van der Waals surface area contributed by atoms with Crippen molar-refractivity contribution in [3.63, 3.8) is 0 Å². The van der Waals surface area contributed by atoms with E-state index in [4.69, 9.17) is 11.5 Å². The van der Waals surface area contributed by atoms with Gasteiger partial charge in [-0.2, -0.15) is 5.10 Å². The maximum Gasteiger partial charge on any atom is 0.211 e. The van der Waals surface area contributed by atoms with Crippen LogP contribution in [0.1, 0.15) is 51.9 Å². The Kier molecular flexibility index (Phi) is 2.83. The summed E-state index contributed by atoms with van der Waals surface area (Å²) >= 11 is 0. The van der Waals surface area contributed by atoms with Crippen LogP contribution in [0.15, 0.2) is 10.2 Å². The lowest BCUT2D eigenvalue weighted by Gasteiger charge is -2.57. The predicted molar refractivity (Wildman–Crippen MR) is 74.1 cm³/mol. The standard InChI is InChI=1S/C14H24N4/c1-9(17-18-13(15)16)5-14-6-10-2-11(7-14)4-12(3-10)8-14/h10-12H,2-8H2,1H3,(H4,15,16,18). The van der Waals surface area contributed by atoms with Gasteiger partial charge in [0.1, 0.15) is 0 Å². The van der Waals surface area contributed by atoms with Crippen LogP contribution in [-0.2, 0) is 0 Å². The van der Waals surface area contributed by atoms with Crippen molar-refractivity contribution in [2.24, 2.45) is 44.8 Å². The van der Waals surface area contributed by atoms with Crippen molar-refractivity contribution in [1.29, 1.82) is 0 Å². The zero-order chi connectivity index (χ0) is 12.8. The summed E-state index contributed by atoms with van der Waals surface area (Å²) in [5.74, 6) is 3.03. The van der Waals surface area contributed by atoms with Crippen molar-refractivity contribution in [2.45, 2.75) is 51.9 Å². The van der Waals surface area contributed by atoms with Crippen LogP contribution in [0.25, 0.3) is 0 Å². The van der Waals surface area contributed by atoms with Crippen molar-refractivity contribution in [1.82, 2.24) is 0 Å². The van der Waals surface area contributed by atoms with Crippen LogP contribution < -0.4 is 11.5 Å². The van der Waals surface area contributed by atoms with Crippen LogP contribution in [0.5, 0.6) is 0 Å². The molecule has 4 fully saturated rings. The maximum atomic E-state index is 5.32. The lowest BCUT2D eigenvalue weighted by atomic mass is 9.48. The van der Waals surface area contributed by atoms with Gasteiger partial charge in [0.15, 0.2) is 0 Å². The van der Waals surface area contributed by atoms with Gasteiger partial charge in [-0.15, -0.1) is 5.10 Å². The maximum absolute atomic E-state index is 5.32. The molecule has 0 unspecified atom stereocenters. The van der Waals surface area contributed by atoms with E-state index in [0.29, 0.717) is 5.41 Å². The lowest BCUT2D eigenvalue weighted by molar-refractivity contribution is -0.0482. The van der Waals surface area contributed by atoms with E-state index >= 15 is 0 Å². The Morgan fingerprint density at radius 2 is 1.50 bits per heavy atom. The normalized spacial score (nSPS) is 42.1. The fourth-order valence-electron chi connectivity index (χ4n) is 5.23. The molecule has 100 valence electrons. The first kappa shape index (κ1) is 12.0. The molecule has 4 N–H and O–H groups in total. The van der Waals surface area contributed by atoms with E-state index in [2.05, 4.69) is 17.1 Å². The summed E-state index contributed by atoms with van der Waals surface area (Å²) in [6, 6.07) is 0. The predicted octanol–water partition coefficient (Wildman–Crippen LogP) is 2.24. The second kappa shape index (κ2) is 4.25. The van der Waals surface area contributed by atoms with Crippen LogP contribution in [0.2, 0.25) is 0 Å². The first-order valence-corrected chi connectivity index (χ1v) is 7.17. The first-order valence-electron chi connectivity index (χ1n) is 7.17. The summed E-state index contributed by atoms with van der Waals surface area (Å²) in [6.45, 7) is 2.06. The summed E-state index contributed by atoms with van der Waals surface area (Å²) in [5, 5.41) is 7.94. The van der Waals surface area contributed by atoms with Gasteiger partial charge in [0, 0.05) is 5.71 Å². The minimum atomic E-state index is 0.0554. The SMILES string of the molecule is CC(CC12CC3CC(CC(C3)C1)C2)=NN=C(N)N. The highest BCUT2D eigenvalue weighted by Gasteiger charge is 2.50. The average Bonchev–Trinajstić information content (AvgIpc) is 2.23. The van der Waals surface area contributed by atoms with Crippen molar-refractivity contribution in [3.8, 4) is 0 Å². The molecule has 4 aliphatic carbocycles. The van der Waals surface area contributed by atoms with E-state index in [9.17, 15) is 0 Å². The Bertz CT molecular complexity index is 357. The van der Waals surface area contributed by atoms with E-state index < -0.39 is 0 Å². The zero-order valence-electron chi connectivity index (χ0n) is 11.2. The molecular formula is C14H24N4. The molecular weight excluding hydrogens is 224 g/mol. The fourth-order valence-corrected chi connectivity index (χ4v) is 5.23. The average molecular weight is 248 g/mol. The molecule has 0 atom stereocenters. The Morgan fingerprint density at radius 3 is 1.94 bits per heavy atom. The fraction of sp³-hybridized carbons (Fsp3) is 0.857. The Labute approximate surface area is 109 Å². The molecule has 0 aromatic carbocycles. The molecule has 0 amide bonds. The Morgan fingerprint density at radius 1 is 1.00 bits per heavy atom. The second-order valence-electron chi connectivity index (χ2n) is 6.95. The number of nitrogens with zero attached hydrogens (tertiary/aromatic N) is 2.